The van der Waals surface area contributed by atoms with Gasteiger partial charge in [0.1, 0.15) is 12.7 Å². The van der Waals surface area contributed by atoms with Crippen molar-refractivity contribution < 1.29 is 19.4 Å². The lowest BCUT2D eigenvalue weighted by Gasteiger charge is -2.73. The number of nitrogens with zero attached hydrogens (tertiary/aromatic N) is 3. The van der Waals surface area contributed by atoms with Crippen LogP contribution in [0.2, 0.25) is 0 Å². The standard InChI is InChI=1S/C40H55N3O4/c1-25(2)26-14-19-40(22-47-35(46)28-11-9-8-10-27(28)34(45)43-24-41-23-42-43)21-20-38(6)29(33(26)40)12-13-31-37(5)17-16-32(44)36(3,4)30(37)15-18-39(31,38)7/h8-11,23-24,26,29-33,44H,1,12-22H2,2-7H3/t26-,29+,30?,31?,32-,33?,37-,38+,39+,40+/m0/s1. The first-order chi connectivity index (χ1) is 22.2. The number of aromatic nitrogens is 3. The van der Waals surface area contributed by atoms with Gasteiger partial charge in [-0.2, -0.15) is 9.78 Å². The van der Waals surface area contributed by atoms with Gasteiger partial charge in [-0.3, -0.25) is 4.79 Å². The molecule has 3 unspecified atom stereocenters. The smallest absolute Gasteiger partial charge is 0.338 e. The van der Waals surface area contributed by atoms with E-state index in [9.17, 15) is 14.7 Å². The molecule has 2 aromatic rings. The van der Waals surface area contributed by atoms with Crippen LogP contribution in [0.3, 0.4) is 0 Å². The van der Waals surface area contributed by atoms with Gasteiger partial charge >= 0.3 is 5.97 Å². The van der Waals surface area contributed by atoms with Crippen LogP contribution in [-0.4, -0.2) is 44.5 Å². The van der Waals surface area contributed by atoms with Crippen molar-refractivity contribution in [3.63, 3.8) is 0 Å². The number of aliphatic hydroxyl groups is 1. The highest BCUT2D eigenvalue weighted by atomic mass is 16.5. The molecule has 1 N–H and O–H groups in total. The zero-order chi connectivity index (χ0) is 33.6. The Kier molecular flexibility index (Phi) is 7.74. The molecule has 5 fully saturated rings. The summed E-state index contributed by atoms with van der Waals surface area (Å²) in [6.07, 6.45) is 13.7. The minimum absolute atomic E-state index is 0.0489. The van der Waals surface area contributed by atoms with Crippen LogP contribution in [0, 0.1) is 56.7 Å². The Hall–Kier alpha value is -2.80. The third-order valence-corrected chi connectivity index (χ3v) is 15.7. The summed E-state index contributed by atoms with van der Waals surface area (Å²) < 4.78 is 7.43. The minimum atomic E-state index is -0.446. The Labute approximate surface area is 281 Å². The molecule has 0 radical (unpaired) electrons. The zero-order valence-electron chi connectivity index (χ0n) is 29.4. The summed E-state index contributed by atoms with van der Waals surface area (Å²) in [5, 5.41) is 15.1. The molecular formula is C40H55N3O4. The van der Waals surface area contributed by atoms with Gasteiger partial charge in [0, 0.05) is 5.41 Å². The highest BCUT2D eigenvalue weighted by Crippen LogP contribution is 2.77. The number of esters is 1. The van der Waals surface area contributed by atoms with Gasteiger partial charge < -0.3 is 9.84 Å². The van der Waals surface area contributed by atoms with Crippen LogP contribution in [-0.2, 0) is 4.74 Å². The number of carbonyl (C=O) groups is 2. The SMILES string of the molecule is C=C(C)[C@@H]1CC[C@]2(COC(=O)c3ccccc3C(=O)n3cncn3)CC[C@]3(C)[C@H](CCC4[C@@]5(C)CC[C@H](O)C(C)(C)C5CC[C@]43C)C12. The van der Waals surface area contributed by atoms with Crippen LogP contribution in [0.4, 0.5) is 0 Å². The third kappa shape index (κ3) is 4.60. The maximum atomic E-state index is 13.8. The zero-order valence-corrected chi connectivity index (χ0v) is 29.4. The molecule has 47 heavy (non-hydrogen) atoms. The fraction of sp³-hybridized carbons (Fsp3) is 0.700. The van der Waals surface area contributed by atoms with Crippen molar-refractivity contribution in [2.45, 2.75) is 112 Å². The van der Waals surface area contributed by atoms with E-state index in [1.54, 1.807) is 24.3 Å². The van der Waals surface area contributed by atoms with Crippen LogP contribution in [0.15, 0.2) is 49.1 Å². The molecule has 5 saturated carbocycles. The first kappa shape index (κ1) is 32.7. The quantitative estimate of drug-likeness (QED) is 0.262. The molecule has 1 heterocycles. The Morgan fingerprint density at radius 3 is 2.36 bits per heavy atom. The summed E-state index contributed by atoms with van der Waals surface area (Å²) in [7, 11) is 0. The number of hydrogen-bond acceptors (Lipinski definition) is 6. The van der Waals surface area contributed by atoms with Gasteiger partial charge in [0.15, 0.2) is 0 Å². The molecule has 0 amide bonds. The normalized spacial score (nSPS) is 41.9. The van der Waals surface area contributed by atoms with Crippen LogP contribution in [0.25, 0.3) is 0 Å². The summed E-state index contributed by atoms with van der Waals surface area (Å²) in [4.78, 5) is 30.8. The maximum Gasteiger partial charge on any atom is 0.338 e. The molecule has 5 aliphatic rings. The average molecular weight is 642 g/mol. The summed E-state index contributed by atoms with van der Waals surface area (Å²) in [6.45, 7) is 19.6. The largest absolute Gasteiger partial charge is 0.461 e. The van der Waals surface area contributed by atoms with Gasteiger partial charge in [0.25, 0.3) is 5.91 Å². The molecule has 1 aromatic heterocycles. The van der Waals surface area contributed by atoms with Crippen molar-refractivity contribution in [3.8, 4) is 0 Å². The van der Waals surface area contributed by atoms with Gasteiger partial charge in [0.2, 0.25) is 0 Å². The third-order valence-electron chi connectivity index (χ3n) is 15.7. The van der Waals surface area contributed by atoms with E-state index in [4.69, 9.17) is 4.74 Å². The highest BCUT2D eigenvalue weighted by Gasteiger charge is 2.71. The molecule has 0 aliphatic heterocycles. The Morgan fingerprint density at radius 2 is 1.66 bits per heavy atom. The summed E-state index contributed by atoms with van der Waals surface area (Å²) in [5.74, 6) is 1.75. The summed E-state index contributed by atoms with van der Waals surface area (Å²) in [5.41, 5.74) is 2.34. The van der Waals surface area contributed by atoms with Gasteiger partial charge in [0.05, 0.1) is 23.8 Å². The van der Waals surface area contributed by atoms with E-state index < -0.39 is 11.9 Å². The van der Waals surface area contributed by atoms with Crippen molar-refractivity contribution in [1.82, 2.24) is 14.8 Å². The number of benzene rings is 1. The predicted molar refractivity (Wildman–Crippen MR) is 181 cm³/mol. The Bertz CT molecular complexity index is 1570. The number of rotatable bonds is 5. The van der Waals surface area contributed by atoms with Crippen molar-refractivity contribution in [1.29, 1.82) is 0 Å². The molecule has 0 saturated heterocycles. The van der Waals surface area contributed by atoms with Gasteiger partial charge in [-0.15, -0.1) is 0 Å². The summed E-state index contributed by atoms with van der Waals surface area (Å²) in [6, 6.07) is 6.86. The molecule has 7 heteroatoms. The second kappa shape index (κ2) is 11.1. The number of fused-ring (bicyclic) bond motifs is 7. The monoisotopic (exact) mass is 641 g/mol. The minimum Gasteiger partial charge on any atom is -0.461 e. The fourth-order valence-corrected chi connectivity index (χ4v) is 13.1. The molecule has 0 spiro atoms. The molecule has 7 rings (SSSR count). The van der Waals surface area contributed by atoms with Crippen molar-refractivity contribution in [2.24, 2.45) is 56.7 Å². The first-order valence-electron chi connectivity index (χ1n) is 18.2. The Morgan fingerprint density at radius 1 is 0.915 bits per heavy atom. The van der Waals surface area contributed by atoms with E-state index in [-0.39, 0.29) is 44.3 Å². The molecule has 1 aromatic carbocycles. The fourth-order valence-electron chi connectivity index (χ4n) is 13.1. The second-order valence-corrected chi connectivity index (χ2v) is 17.7. The Balaban J connectivity index is 1.17. The first-order valence-corrected chi connectivity index (χ1v) is 18.2. The van der Waals surface area contributed by atoms with Crippen molar-refractivity contribution >= 4 is 11.9 Å². The van der Waals surface area contributed by atoms with Gasteiger partial charge in [-0.25, -0.2) is 9.78 Å². The van der Waals surface area contributed by atoms with Crippen LogP contribution >= 0.6 is 0 Å². The van der Waals surface area contributed by atoms with E-state index in [0.717, 1.165) is 43.2 Å². The van der Waals surface area contributed by atoms with Crippen molar-refractivity contribution in [3.05, 3.63) is 60.2 Å². The lowest BCUT2D eigenvalue weighted by Crippen LogP contribution is -2.66. The number of carbonyl (C=O) groups excluding carboxylic acids is 2. The van der Waals surface area contributed by atoms with Gasteiger partial charge in [-0.05, 0) is 135 Å². The average Bonchev–Trinajstić information content (AvgIpc) is 3.71. The topological polar surface area (TPSA) is 94.3 Å². The molecule has 254 valence electrons. The number of aliphatic hydroxyl groups excluding tert-OH is 1. The number of hydrogen-bond donors (Lipinski definition) is 1. The van der Waals surface area contributed by atoms with Crippen LogP contribution in [0.5, 0.6) is 0 Å². The number of allylic oxidation sites excluding steroid dienone is 1. The molecule has 7 nitrogen and oxygen atoms in total. The van der Waals surface area contributed by atoms with E-state index in [2.05, 4.69) is 58.2 Å². The van der Waals surface area contributed by atoms with Gasteiger partial charge in [-0.1, -0.05) is 58.9 Å². The lowest BCUT2D eigenvalue weighted by atomic mass is 9.32. The molecular weight excluding hydrogens is 586 g/mol. The van der Waals surface area contributed by atoms with E-state index in [1.807, 2.05) is 0 Å². The highest BCUT2D eigenvalue weighted by molar-refractivity contribution is 6.05. The van der Waals surface area contributed by atoms with E-state index in [1.165, 1.54) is 43.9 Å². The van der Waals surface area contributed by atoms with E-state index >= 15 is 0 Å². The maximum absolute atomic E-state index is 13.8. The predicted octanol–water partition coefficient (Wildman–Crippen LogP) is 8.14. The number of ether oxygens (including phenoxy) is 1. The van der Waals surface area contributed by atoms with Crippen molar-refractivity contribution in [2.75, 3.05) is 6.61 Å². The molecule has 0 bridgehead atoms. The summed E-state index contributed by atoms with van der Waals surface area (Å²) >= 11 is 0. The second-order valence-electron chi connectivity index (χ2n) is 17.7. The lowest BCUT2D eigenvalue weighted by molar-refractivity contribution is -0.249. The van der Waals surface area contributed by atoms with Crippen LogP contribution < -0.4 is 0 Å². The molecule has 5 aliphatic carbocycles. The van der Waals surface area contributed by atoms with E-state index in [0.29, 0.717) is 36.2 Å². The molecule has 10 atom stereocenters. The van der Waals surface area contributed by atoms with Crippen LogP contribution in [0.1, 0.15) is 126 Å².